The number of allylic oxidation sites excluding steroid dienone is 1. The van der Waals surface area contributed by atoms with E-state index in [1.807, 2.05) is 60.8 Å². The van der Waals surface area contributed by atoms with Crippen molar-refractivity contribution in [2.75, 3.05) is 6.61 Å². The largest absolute Gasteiger partial charge is 0.491 e. The zero-order valence-corrected chi connectivity index (χ0v) is 19.8. The molecule has 5 aromatic rings. The smallest absolute Gasteiger partial charge is 0.165 e. The summed E-state index contributed by atoms with van der Waals surface area (Å²) < 4.78 is 22.2. The molecule has 0 radical (unpaired) electrons. The Kier molecular flexibility index (Phi) is 6.59. The van der Waals surface area contributed by atoms with E-state index in [9.17, 15) is 9.65 Å². The maximum atomic E-state index is 14.9. The number of nitriles is 1. The number of rotatable bonds is 8. The van der Waals surface area contributed by atoms with Gasteiger partial charge in [-0.3, -0.25) is 0 Å². The Hall–Kier alpha value is -4.70. The van der Waals surface area contributed by atoms with Gasteiger partial charge in [0.15, 0.2) is 11.6 Å². The van der Waals surface area contributed by atoms with Gasteiger partial charge in [0.25, 0.3) is 0 Å². The molecule has 7 heteroatoms. The van der Waals surface area contributed by atoms with Crippen LogP contribution in [0.4, 0.5) is 4.39 Å². The molecule has 0 bridgehead atoms. The number of aromatic amines is 1. The van der Waals surface area contributed by atoms with Crippen LogP contribution >= 0.6 is 0 Å². The minimum absolute atomic E-state index is 0.215. The van der Waals surface area contributed by atoms with Gasteiger partial charge in [-0.25, -0.2) is 14.1 Å². The number of hydrogen-bond donors (Lipinski definition) is 1. The maximum absolute atomic E-state index is 14.9. The highest BCUT2D eigenvalue weighted by molar-refractivity contribution is 5.92. The van der Waals surface area contributed by atoms with E-state index in [-0.39, 0.29) is 5.75 Å². The maximum Gasteiger partial charge on any atom is 0.165 e. The molecular weight excluding hydrogens is 453 g/mol. The van der Waals surface area contributed by atoms with E-state index in [0.717, 1.165) is 29.6 Å². The van der Waals surface area contributed by atoms with Gasteiger partial charge in [-0.1, -0.05) is 43.7 Å². The molecule has 0 aliphatic rings. The van der Waals surface area contributed by atoms with Gasteiger partial charge in [0.1, 0.15) is 17.6 Å². The second-order valence-corrected chi connectivity index (χ2v) is 8.33. The van der Waals surface area contributed by atoms with Crippen molar-refractivity contribution in [2.45, 2.75) is 19.8 Å². The predicted molar refractivity (Wildman–Crippen MR) is 139 cm³/mol. The average molecular weight is 478 g/mol. The molecule has 0 saturated heterocycles. The molecule has 0 amide bonds. The number of aromatic nitrogens is 4. The van der Waals surface area contributed by atoms with Crippen molar-refractivity contribution in [2.24, 2.45) is 0 Å². The fraction of sp³-hybridized carbons (Fsp3) is 0.138. The van der Waals surface area contributed by atoms with Crippen molar-refractivity contribution in [3.05, 3.63) is 96.2 Å². The van der Waals surface area contributed by atoms with E-state index in [0.29, 0.717) is 34.8 Å². The number of unbranched alkanes of at least 4 members (excludes halogenated alkanes) is 1. The van der Waals surface area contributed by atoms with Crippen LogP contribution in [0.25, 0.3) is 39.6 Å². The lowest BCUT2D eigenvalue weighted by atomic mass is 10.1. The Balaban J connectivity index is 1.59. The molecule has 0 unspecified atom stereocenters. The molecule has 178 valence electrons. The Morgan fingerprint density at radius 3 is 2.67 bits per heavy atom. The van der Waals surface area contributed by atoms with Crippen molar-refractivity contribution in [1.29, 1.82) is 5.26 Å². The molecule has 3 aromatic carbocycles. The fourth-order valence-corrected chi connectivity index (χ4v) is 3.91. The van der Waals surface area contributed by atoms with E-state index in [4.69, 9.17) is 9.84 Å². The molecule has 0 atom stereocenters. The van der Waals surface area contributed by atoms with Gasteiger partial charge < -0.3 is 9.72 Å². The predicted octanol–water partition coefficient (Wildman–Crippen LogP) is 6.80. The minimum Gasteiger partial charge on any atom is -0.491 e. The van der Waals surface area contributed by atoms with Crippen molar-refractivity contribution < 1.29 is 9.13 Å². The SMILES string of the molecule is CCCCOc1ccc(-c2nn(-c3ccccc3)cc2C=C(C#N)c2nc3ccccc3[nH]2)cc1F. The minimum atomic E-state index is -0.453. The number of fused-ring (bicyclic) bond motifs is 1. The molecule has 2 heterocycles. The monoisotopic (exact) mass is 477 g/mol. The topological polar surface area (TPSA) is 79.5 Å². The lowest BCUT2D eigenvalue weighted by Gasteiger charge is -2.08. The molecule has 36 heavy (non-hydrogen) atoms. The van der Waals surface area contributed by atoms with Gasteiger partial charge in [0.2, 0.25) is 0 Å². The van der Waals surface area contributed by atoms with Crippen molar-refractivity contribution in [3.8, 4) is 28.8 Å². The number of benzene rings is 3. The van der Waals surface area contributed by atoms with Gasteiger partial charge >= 0.3 is 0 Å². The normalized spacial score (nSPS) is 11.5. The first-order valence-corrected chi connectivity index (χ1v) is 11.8. The standard InChI is InChI=1S/C29H24FN5O/c1-2-3-15-36-27-14-13-20(17-24(27)30)28-22(19-35(34-28)23-9-5-4-6-10-23)16-21(18-31)29-32-25-11-7-8-12-26(25)33-29/h4-14,16-17,19H,2-3,15H2,1H3,(H,32,33). The first-order valence-electron chi connectivity index (χ1n) is 11.8. The fourth-order valence-electron chi connectivity index (χ4n) is 3.91. The first kappa shape index (κ1) is 23.1. The number of halogens is 1. The van der Waals surface area contributed by atoms with Gasteiger partial charge in [-0.05, 0) is 55.0 Å². The molecule has 1 N–H and O–H groups in total. The number of hydrogen-bond acceptors (Lipinski definition) is 4. The van der Waals surface area contributed by atoms with Gasteiger partial charge in [-0.15, -0.1) is 0 Å². The summed E-state index contributed by atoms with van der Waals surface area (Å²) in [4.78, 5) is 7.76. The molecule has 2 aromatic heterocycles. The number of ether oxygens (including phenoxy) is 1. The molecule has 0 spiro atoms. The van der Waals surface area contributed by atoms with Crippen LogP contribution < -0.4 is 4.74 Å². The van der Waals surface area contributed by atoms with Crippen LogP contribution in [0.2, 0.25) is 0 Å². The second-order valence-electron chi connectivity index (χ2n) is 8.33. The van der Waals surface area contributed by atoms with E-state index in [1.165, 1.54) is 6.07 Å². The number of H-pyrrole nitrogens is 1. The molecule has 6 nitrogen and oxygen atoms in total. The molecule has 0 aliphatic heterocycles. The Morgan fingerprint density at radius 2 is 1.92 bits per heavy atom. The summed E-state index contributed by atoms with van der Waals surface area (Å²) in [6.07, 6.45) is 5.38. The third-order valence-corrected chi connectivity index (χ3v) is 5.79. The molecular formula is C29H24FN5O. The summed E-state index contributed by atoms with van der Waals surface area (Å²) >= 11 is 0. The van der Waals surface area contributed by atoms with Crippen molar-refractivity contribution in [1.82, 2.24) is 19.7 Å². The van der Waals surface area contributed by atoms with Gasteiger partial charge in [0.05, 0.1) is 28.9 Å². The number of para-hydroxylation sites is 3. The van der Waals surface area contributed by atoms with Crippen LogP contribution in [0.3, 0.4) is 0 Å². The Labute approximate surface area is 208 Å². The summed E-state index contributed by atoms with van der Waals surface area (Å²) in [5, 5.41) is 14.7. The molecule has 0 fully saturated rings. The van der Waals surface area contributed by atoms with Crippen molar-refractivity contribution in [3.63, 3.8) is 0 Å². The van der Waals surface area contributed by atoms with Crippen LogP contribution in [0.15, 0.2) is 79.0 Å². The lowest BCUT2D eigenvalue weighted by molar-refractivity contribution is 0.294. The Morgan fingerprint density at radius 1 is 1.11 bits per heavy atom. The molecule has 0 saturated carbocycles. The van der Waals surface area contributed by atoms with Gasteiger partial charge in [-0.2, -0.15) is 10.4 Å². The summed E-state index contributed by atoms with van der Waals surface area (Å²) in [6, 6.07) is 24.3. The lowest BCUT2D eigenvalue weighted by Crippen LogP contribution is -1.99. The van der Waals surface area contributed by atoms with Crippen LogP contribution in [0, 0.1) is 17.1 Å². The summed E-state index contributed by atoms with van der Waals surface area (Å²) in [5.74, 6) is 0.223. The van der Waals surface area contributed by atoms with Crippen LogP contribution in [0.5, 0.6) is 5.75 Å². The van der Waals surface area contributed by atoms with E-state index in [1.54, 1.807) is 22.9 Å². The highest BCUT2D eigenvalue weighted by atomic mass is 19.1. The van der Waals surface area contributed by atoms with Gasteiger partial charge in [0, 0.05) is 17.3 Å². The molecule has 0 aliphatic carbocycles. The zero-order valence-electron chi connectivity index (χ0n) is 19.8. The number of nitrogens with zero attached hydrogens (tertiary/aromatic N) is 4. The number of nitrogens with one attached hydrogen (secondary N) is 1. The second kappa shape index (κ2) is 10.3. The van der Waals surface area contributed by atoms with Crippen LogP contribution in [-0.2, 0) is 0 Å². The first-order chi connectivity index (χ1) is 17.7. The average Bonchev–Trinajstić information content (AvgIpc) is 3.53. The highest BCUT2D eigenvalue weighted by Crippen LogP contribution is 2.30. The molecule has 5 rings (SSSR count). The quantitative estimate of drug-likeness (QED) is 0.197. The summed E-state index contributed by atoms with van der Waals surface area (Å²) in [5.41, 5.74) is 4.60. The van der Waals surface area contributed by atoms with Crippen molar-refractivity contribution >= 4 is 22.7 Å². The van der Waals surface area contributed by atoms with E-state index < -0.39 is 5.82 Å². The van der Waals surface area contributed by atoms with E-state index >= 15 is 0 Å². The van der Waals surface area contributed by atoms with Crippen LogP contribution in [0.1, 0.15) is 31.2 Å². The summed E-state index contributed by atoms with van der Waals surface area (Å²) in [6.45, 7) is 2.52. The number of imidazole rings is 1. The zero-order chi connectivity index (χ0) is 24.9. The third-order valence-electron chi connectivity index (χ3n) is 5.79. The Bertz CT molecular complexity index is 1540. The van der Waals surface area contributed by atoms with E-state index in [2.05, 4.69) is 23.0 Å². The summed E-state index contributed by atoms with van der Waals surface area (Å²) in [7, 11) is 0. The van der Waals surface area contributed by atoms with Crippen LogP contribution in [-0.4, -0.2) is 26.4 Å². The third kappa shape index (κ3) is 4.75. The highest BCUT2D eigenvalue weighted by Gasteiger charge is 2.16.